The SMILES string of the molecule is N#Cc1ccc(S(=O)(=O)NC2CCCCC2N)cc1. The van der Waals surface area contributed by atoms with Crippen LogP contribution in [0.15, 0.2) is 29.2 Å². The van der Waals surface area contributed by atoms with Gasteiger partial charge in [-0.05, 0) is 37.1 Å². The standard InChI is InChI=1S/C13H17N3O2S/c14-9-10-5-7-11(8-6-10)19(17,18)16-13-4-2-1-3-12(13)15/h5-8,12-13,16H,1-4,15H2. The molecule has 3 N–H and O–H groups in total. The summed E-state index contributed by atoms with van der Waals surface area (Å²) in [5.74, 6) is 0. The van der Waals surface area contributed by atoms with Gasteiger partial charge in [-0.2, -0.15) is 5.26 Å². The van der Waals surface area contributed by atoms with Gasteiger partial charge in [0.15, 0.2) is 0 Å². The summed E-state index contributed by atoms with van der Waals surface area (Å²) in [4.78, 5) is 0.171. The van der Waals surface area contributed by atoms with Crippen molar-refractivity contribution in [2.45, 2.75) is 42.7 Å². The third-order valence-electron chi connectivity index (χ3n) is 3.42. The molecule has 2 atom stereocenters. The van der Waals surface area contributed by atoms with Crippen LogP contribution in [0.1, 0.15) is 31.2 Å². The van der Waals surface area contributed by atoms with Crippen LogP contribution < -0.4 is 10.5 Å². The van der Waals surface area contributed by atoms with Gasteiger partial charge in [0.25, 0.3) is 0 Å². The summed E-state index contributed by atoms with van der Waals surface area (Å²) in [6.45, 7) is 0. The number of benzene rings is 1. The minimum Gasteiger partial charge on any atom is -0.326 e. The Morgan fingerprint density at radius 2 is 1.84 bits per heavy atom. The first kappa shape index (κ1) is 14.0. The Bertz CT molecular complexity index is 575. The molecule has 0 spiro atoms. The van der Waals surface area contributed by atoms with Crippen LogP contribution in [0.25, 0.3) is 0 Å². The zero-order valence-corrected chi connectivity index (χ0v) is 11.4. The number of rotatable bonds is 3. The lowest BCUT2D eigenvalue weighted by molar-refractivity contribution is 0.361. The van der Waals surface area contributed by atoms with Crippen molar-refractivity contribution in [3.8, 4) is 6.07 Å². The monoisotopic (exact) mass is 279 g/mol. The molecule has 0 saturated heterocycles. The highest BCUT2D eigenvalue weighted by Gasteiger charge is 2.26. The Morgan fingerprint density at radius 1 is 1.21 bits per heavy atom. The van der Waals surface area contributed by atoms with Gasteiger partial charge in [-0.1, -0.05) is 12.8 Å². The van der Waals surface area contributed by atoms with Crippen LogP contribution in [0.4, 0.5) is 0 Å². The summed E-state index contributed by atoms with van der Waals surface area (Å²) in [6.07, 6.45) is 3.67. The Balaban J connectivity index is 2.15. The second kappa shape index (κ2) is 5.70. The summed E-state index contributed by atoms with van der Waals surface area (Å²) >= 11 is 0. The Kier molecular flexibility index (Phi) is 4.20. The zero-order chi connectivity index (χ0) is 13.9. The molecule has 5 nitrogen and oxygen atoms in total. The van der Waals surface area contributed by atoms with E-state index in [0.717, 1.165) is 25.7 Å². The van der Waals surface area contributed by atoms with Gasteiger partial charge in [-0.3, -0.25) is 0 Å². The molecule has 6 heteroatoms. The molecule has 1 aromatic rings. The van der Waals surface area contributed by atoms with Crippen molar-refractivity contribution < 1.29 is 8.42 Å². The number of hydrogen-bond acceptors (Lipinski definition) is 4. The van der Waals surface area contributed by atoms with Gasteiger partial charge in [-0.15, -0.1) is 0 Å². The summed E-state index contributed by atoms with van der Waals surface area (Å²) in [7, 11) is -3.56. The van der Waals surface area contributed by atoms with Crippen molar-refractivity contribution in [1.82, 2.24) is 4.72 Å². The fraction of sp³-hybridized carbons (Fsp3) is 0.462. The second-order valence-electron chi connectivity index (χ2n) is 4.81. The van der Waals surface area contributed by atoms with E-state index in [1.807, 2.05) is 6.07 Å². The van der Waals surface area contributed by atoms with E-state index >= 15 is 0 Å². The third-order valence-corrected chi connectivity index (χ3v) is 4.93. The van der Waals surface area contributed by atoms with Gasteiger partial charge in [0.2, 0.25) is 10.0 Å². The molecule has 1 fully saturated rings. The van der Waals surface area contributed by atoms with Crippen LogP contribution in [0, 0.1) is 11.3 Å². The molecular weight excluding hydrogens is 262 g/mol. The van der Waals surface area contributed by atoms with Crippen LogP contribution in [0.3, 0.4) is 0 Å². The van der Waals surface area contributed by atoms with Crippen molar-refractivity contribution in [2.75, 3.05) is 0 Å². The van der Waals surface area contributed by atoms with Crippen LogP contribution in [-0.2, 0) is 10.0 Å². The van der Waals surface area contributed by atoms with E-state index < -0.39 is 10.0 Å². The summed E-state index contributed by atoms with van der Waals surface area (Å²) in [6, 6.07) is 7.51. The number of nitrogens with zero attached hydrogens (tertiary/aromatic N) is 1. The highest BCUT2D eigenvalue weighted by molar-refractivity contribution is 7.89. The fourth-order valence-electron chi connectivity index (χ4n) is 2.28. The van der Waals surface area contributed by atoms with E-state index in [4.69, 9.17) is 11.0 Å². The molecule has 102 valence electrons. The smallest absolute Gasteiger partial charge is 0.240 e. The summed E-state index contributed by atoms with van der Waals surface area (Å²) < 4.78 is 27.1. The molecule has 0 aromatic heterocycles. The maximum atomic E-state index is 12.2. The number of nitrogens with two attached hydrogens (primary N) is 1. The van der Waals surface area contributed by atoms with E-state index in [9.17, 15) is 8.42 Å². The predicted octanol–water partition coefficient (Wildman–Crippen LogP) is 1.11. The molecule has 0 bridgehead atoms. The molecule has 1 saturated carbocycles. The second-order valence-corrected chi connectivity index (χ2v) is 6.53. The molecule has 19 heavy (non-hydrogen) atoms. The van der Waals surface area contributed by atoms with E-state index in [1.54, 1.807) is 0 Å². The lowest BCUT2D eigenvalue weighted by Crippen LogP contribution is -2.49. The zero-order valence-electron chi connectivity index (χ0n) is 10.5. The minimum atomic E-state index is -3.56. The van der Waals surface area contributed by atoms with Gasteiger partial charge in [0, 0.05) is 12.1 Å². The Hall–Kier alpha value is -1.42. The molecule has 0 amide bonds. The summed E-state index contributed by atoms with van der Waals surface area (Å²) in [5, 5.41) is 8.70. The van der Waals surface area contributed by atoms with Crippen LogP contribution in [-0.4, -0.2) is 20.5 Å². The fourth-order valence-corrected chi connectivity index (χ4v) is 3.60. The molecule has 0 aliphatic heterocycles. The van der Waals surface area contributed by atoms with Crippen LogP contribution >= 0.6 is 0 Å². The number of nitriles is 1. The molecular formula is C13H17N3O2S. The van der Waals surface area contributed by atoms with Gasteiger partial charge in [-0.25, -0.2) is 13.1 Å². The van der Waals surface area contributed by atoms with E-state index in [0.29, 0.717) is 5.56 Å². The lowest BCUT2D eigenvalue weighted by atomic mass is 9.92. The summed E-state index contributed by atoms with van der Waals surface area (Å²) in [5.41, 5.74) is 6.38. The first-order valence-electron chi connectivity index (χ1n) is 6.31. The number of hydrogen-bond donors (Lipinski definition) is 2. The van der Waals surface area contributed by atoms with Crippen LogP contribution in [0.2, 0.25) is 0 Å². The number of sulfonamides is 1. The maximum Gasteiger partial charge on any atom is 0.240 e. The van der Waals surface area contributed by atoms with Crippen molar-refractivity contribution in [2.24, 2.45) is 5.73 Å². The highest BCUT2D eigenvalue weighted by Crippen LogP contribution is 2.19. The average Bonchev–Trinajstić information content (AvgIpc) is 2.41. The predicted molar refractivity (Wildman–Crippen MR) is 71.7 cm³/mol. The Morgan fingerprint density at radius 3 is 2.42 bits per heavy atom. The molecule has 1 aromatic carbocycles. The minimum absolute atomic E-state index is 0.123. The lowest BCUT2D eigenvalue weighted by Gasteiger charge is -2.29. The largest absolute Gasteiger partial charge is 0.326 e. The molecule has 0 radical (unpaired) electrons. The van der Waals surface area contributed by atoms with Gasteiger partial charge in [0.05, 0.1) is 16.5 Å². The van der Waals surface area contributed by atoms with Crippen molar-refractivity contribution in [1.29, 1.82) is 5.26 Å². The van der Waals surface area contributed by atoms with Gasteiger partial charge >= 0.3 is 0 Å². The normalized spacial score (nSPS) is 23.8. The topological polar surface area (TPSA) is 96.0 Å². The Labute approximate surface area is 113 Å². The molecule has 1 aliphatic rings. The molecule has 1 aliphatic carbocycles. The molecule has 0 heterocycles. The molecule has 2 unspecified atom stereocenters. The van der Waals surface area contributed by atoms with Crippen molar-refractivity contribution >= 4 is 10.0 Å². The third kappa shape index (κ3) is 3.32. The van der Waals surface area contributed by atoms with Gasteiger partial charge < -0.3 is 5.73 Å². The highest BCUT2D eigenvalue weighted by atomic mass is 32.2. The first-order valence-corrected chi connectivity index (χ1v) is 7.79. The van der Waals surface area contributed by atoms with E-state index in [2.05, 4.69) is 4.72 Å². The van der Waals surface area contributed by atoms with Crippen molar-refractivity contribution in [3.63, 3.8) is 0 Å². The average molecular weight is 279 g/mol. The first-order chi connectivity index (χ1) is 9.03. The molecule has 2 rings (SSSR count). The number of nitrogens with one attached hydrogen (secondary N) is 1. The van der Waals surface area contributed by atoms with Crippen LogP contribution in [0.5, 0.6) is 0 Å². The van der Waals surface area contributed by atoms with Crippen molar-refractivity contribution in [3.05, 3.63) is 29.8 Å². The van der Waals surface area contributed by atoms with E-state index in [-0.39, 0.29) is 17.0 Å². The van der Waals surface area contributed by atoms with Gasteiger partial charge in [0.1, 0.15) is 0 Å². The van der Waals surface area contributed by atoms with E-state index in [1.165, 1.54) is 24.3 Å². The quantitative estimate of drug-likeness (QED) is 0.866. The maximum absolute atomic E-state index is 12.2.